The van der Waals surface area contributed by atoms with Crippen LogP contribution in [-0.4, -0.2) is 25.7 Å². The predicted octanol–water partition coefficient (Wildman–Crippen LogP) is 1.46. The number of thiazole rings is 1. The summed E-state index contributed by atoms with van der Waals surface area (Å²) in [6.07, 6.45) is 7.02. The molecule has 3 rings (SSSR count). The van der Waals surface area contributed by atoms with Crippen molar-refractivity contribution in [1.29, 1.82) is 0 Å². The van der Waals surface area contributed by atoms with Crippen molar-refractivity contribution in [3.8, 4) is 0 Å². The molecule has 5 nitrogen and oxygen atoms in total. The molecule has 3 heterocycles. The van der Waals surface area contributed by atoms with Gasteiger partial charge in [0.15, 0.2) is 4.96 Å². The van der Waals surface area contributed by atoms with E-state index in [9.17, 15) is 0 Å². The van der Waals surface area contributed by atoms with Crippen molar-refractivity contribution >= 4 is 16.3 Å². The molecule has 0 amide bonds. The van der Waals surface area contributed by atoms with Crippen LogP contribution < -0.4 is 5.32 Å². The molecular weight excluding hydrogens is 246 g/mol. The fraction of sp³-hybridized carbons (Fsp3) is 0.333. The summed E-state index contributed by atoms with van der Waals surface area (Å²) in [5.41, 5.74) is 2.21. The smallest absolute Gasteiger partial charge is 0.193 e. The predicted molar refractivity (Wildman–Crippen MR) is 71.7 cm³/mol. The molecule has 0 saturated heterocycles. The SMILES string of the molecule is Cn1ccc(CCNCc2cn3ccsc3n2)n1. The van der Waals surface area contributed by atoms with Gasteiger partial charge in [0.25, 0.3) is 0 Å². The highest BCUT2D eigenvalue weighted by molar-refractivity contribution is 7.15. The van der Waals surface area contributed by atoms with E-state index < -0.39 is 0 Å². The van der Waals surface area contributed by atoms with Crippen LogP contribution in [0.1, 0.15) is 11.4 Å². The fourth-order valence-corrected chi connectivity index (χ4v) is 2.61. The molecule has 0 aliphatic heterocycles. The van der Waals surface area contributed by atoms with Gasteiger partial charge in [-0.05, 0) is 6.07 Å². The third-order valence-electron chi connectivity index (χ3n) is 2.78. The molecule has 0 saturated carbocycles. The van der Waals surface area contributed by atoms with Crippen LogP contribution in [0.2, 0.25) is 0 Å². The van der Waals surface area contributed by atoms with Crippen molar-refractivity contribution < 1.29 is 0 Å². The summed E-state index contributed by atoms with van der Waals surface area (Å²) in [7, 11) is 1.94. The van der Waals surface area contributed by atoms with Gasteiger partial charge < -0.3 is 5.32 Å². The third kappa shape index (κ3) is 2.44. The second kappa shape index (κ2) is 4.91. The molecule has 0 atom stereocenters. The van der Waals surface area contributed by atoms with Gasteiger partial charge in [-0.2, -0.15) is 5.10 Å². The first-order chi connectivity index (χ1) is 8.81. The highest BCUT2D eigenvalue weighted by Crippen LogP contribution is 2.10. The van der Waals surface area contributed by atoms with Gasteiger partial charge in [-0.15, -0.1) is 11.3 Å². The molecule has 0 bridgehead atoms. The first kappa shape index (κ1) is 11.4. The van der Waals surface area contributed by atoms with Crippen molar-refractivity contribution in [2.45, 2.75) is 13.0 Å². The molecule has 6 heteroatoms. The van der Waals surface area contributed by atoms with Gasteiger partial charge in [0.05, 0.1) is 11.4 Å². The van der Waals surface area contributed by atoms with Crippen LogP contribution >= 0.6 is 11.3 Å². The number of hydrogen-bond donors (Lipinski definition) is 1. The van der Waals surface area contributed by atoms with E-state index in [4.69, 9.17) is 0 Å². The Kier molecular flexibility index (Phi) is 3.12. The van der Waals surface area contributed by atoms with Gasteiger partial charge in [-0.25, -0.2) is 4.98 Å². The lowest BCUT2D eigenvalue weighted by molar-refractivity contribution is 0.659. The summed E-state index contributed by atoms with van der Waals surface area (Å²) in [5, 5.41) is 9.77. The standard InChI is InChI=1S/C12H15N5S/c1-16-5-3-10(15-16)2-4-13-8-11-9-17-6-7-18-12(17)14-11/h3,5-7,9,13H,2,4,8H2,1H3. The van der Waals surface area contributed by atoms with E-state index in [-0.39, 0.29) is 0 Å². The van der Waals surface area contributed by atoms with Crippen LogP contribution in [-0.2, 0) is 20.0 Å². The first-order valence-electron chi connectivity index (χ1n) is 5.91. The Hall–Kier alpha value is -1.66. The molecule has 94 valence electrons. The van der Waals surface area contributed by atoms with Crippen molar-refractivity contribution in [3.63, 3.8) is 0 Å². The fourth-order valence-electron chi connectivity index (χ4n) is 1.89. The summed E-state index contributed by atoms with van der Waals surface area (Å²) >= 11 is 1.66. The molecule has 0 radical (unpaired) electrons. The Morgan fingerprint density at radius 2 is 2.28 bits per heavy atom. The quantitative estimate of drug-likeness (QED) is 0.707. The Bertz CT molecular complexity index is 607. The number of nitrogens with one attached hydrogen (secondary N) is 1. The van der Waals surface area contributed by atoms with E-state index in [0.29, 0.717) is 0 Å². The van der Waals surface area contributed by atoms with Crippen molar-refractivity contribution in [3.05, 3.63) is 41.4 Å². The van der Waals surface area contributed by atoms with E-state index in [2.05, 4.69) is 26.0 Å². The van der Waals surface area contributed by atoms with E-state index in [1.165, 1.54) is 0 Å². The molecular formula is C12H15N5S. The largest absolute Gasteiger partial charge is 0.311 e. The molecule has 0 spiro atoms. The zero-order chi connectivity index (χ0) is 12.4. The van der Waals surface area contributed by atoms with Crippen LogP contribution in [0.3, 0.4) is 0 Å². The Morgan fingerprint density at radius 1 is 1.33 bits per heavy atom. The van der Waals surface area contributed by atoms with Gasteiger partial charge in [-0.3, -0.25) is 9.08 Å². The molecule has 3 aromatic rings. The van der Waals surface area contributed by atoms with Crippen LogP contribution in [0, 0.1) is 0 Å². The number of fused-ring (bicyclic) bond motifs is 1. The zero-order valence-electron chi connectivity index (χ0n) is 10.2. The lowest BCUT2D eigenvalue weighted by atomic mass is 10.3. The molecule has 0 aliphatic rings. The summed E-state index contributed by atoms with van der Waals surface area (Å²) in [6.45, 7) is 1.73. The maximum Gasteiger partial charge on any atom is 0.193 e. The Labute approximate surface area is 109 Å². The van der Waals surface area contributed by atoms with Crippen LogP contribution in [0.25, 0.3) is 4.96 Å². The van der Waals surface area contributed by atoms with Crippen molar-refractivity contribution in [2.75, 3.05) is 6.54 Å². The highest BCUT2D eigenvalue weighted by Gasteiger charge is 2.02. The number of aryl methyl sites for hydroxylation is 1. The van der Waals surface area contributed by atoms with Gasteiger partial charge >= 0.3 is 0 Å². The molecule has 0 fully saturated rings. The van der Waals surface area contributed by atoms with Crippen LogP contribution in [0.4, 0.5) is 0 Å². The molecule has 0 unspecified atom stereocenters. The topological polar surface area (TPSA) is 47.2 Å². The molecule has 0 aliphatic carbocycles. The summed E-state index contributed by atoms with van der Waals surface area (Å²) < 4.78 is 3.89. The van der Waals surface area contributed by atoms with E-state index in [1.807, 2.05) is 35.6 Å². The summed E-state index contributed by atoms with van der Waals surface area (Å²) in [6, 6.07) is 2.05. The van der Waals surface area contributed by atoms with Gasteiger partial charge in [0.1, 0.15) is 0 Å². The zero-order valence-corrected chi connectivity index (χ0v) is 11.0. The number of nitrogens with zero attached hydrogens (tertiary/aromatic N) is 4. The van der Waals surface area contributed by atoms with E-state index in [1.54, 1.807) is 11.3 Å². The highest BCUT2D eigenvalue weighted by atomic mass is 32.1. The minimum atomic E-state index is 0.807. The van der Waals surface area contributed by atoms with Gasteiger partial charge in [0.2, 0.25) is 0 Å². The minimum absolute atomic E-state index is 0.807. The van der Waals surface area contributed by atoms with Gasteiger partial charge in [-0.1, -0.05) is 0 Å². The molecule has 3 aromatic heterocycles. The normalized spacial score (nSPS) is 11.4. The minimum Gasteiger partial charge on any atom is -0.311 e. The summed E-state index contributed by atoms with van der Waals surface area (Å²) in [5.74, 6) is 0. The lowest BCUT2D eigenvalue weighted by Gasteiger charge is -2.00. The lowest BCUT2D eigenvalue weighted by Crippen LogP contribution is -2.17. The molecule has 0 aromatic carbocycles. The molecule has 18 heavy (non-hydrogen) atoms. The monoisotopic (exact) mass is 261 g/mol. The number of aromatic nitrogens is 4. The van der Waals surface area contributed by atoms with Gasteiger partial charge in [0, 0.05) is 50.5 Å². The number of rotatable bonds is 5. The average Bonchev–Trinajstić information content (AvgIpc) is 3.00. The molecule has 1 N–H and O–H groups in total. The number of imidazole rings is 1. The number of hydrogen-bond acceptors (Lipinski definition) is 4. The van der Waals surface area contributed by atoms with E-state index >= 15 is 0 Å². The van der Waals surface area contributed by atoms with Crippen molar-refractivity contribution in [1.82, 2.24) is 24.5 Å². The van der Waals surface area contributed by atoms with Crippen LogP contribution in [0.15, 0.2) is 30.0 Å². The van der Waals surface area contributed by atoms with Crippen molar-refractivity contribution in [2.24, 2.45) is 7.05 Å². The Balaban J connectivity index is 1.48. The first-order valence-corrected chi connectivity index (χ1v) is 6.79. The second-order valence-corrected chi connectivity index (χ2v) is 5.11. The van der Waals surface area contributed by atoms with E-state index in [0.717, 1.165) is 35.9 Å². The maximum atomic E-state index is 4.52. The third-order valence-corrected chi connectivity index (χ3v) is 3.55. The Morgan fingerprint density at radius 3 is 3.06 bits per heavy atom. The second-order valence-electron chi connectivity index (χ2n) is 4.23. The average molecular weight is 261 g/mol. The summed E-state index contributed by atoms with van der Waals surface area (Å²) in [4.78, 5) is 5.57. The maximum absolute atomic E-state index is 4.52. The van der Waals surface area contributed by atoms with Crippen LogP contribution in [0.5, 0.6) is 0 Å².